The van der Waals surface area contributed by atoms with E-state index in [1.165, 1.54) is 0 Å². The minimum absolute atomic E-state index is 0.148. The van der Waals surface area contributed by atoms with E-state index in [1.807, 2.05) is 0 Å². The number of nitrogens with one attached hydrogen (secondary N) is 3. The van der Waals surface area contributed by atoms with Crippen LogP contribution in [0.25, 0.3) is 0 Å². The van der Waals surface area contributed by atoms with Crippen molar-refractivity contribution in [1.82, 2.24) is 16.0 Å². The highest BCUT2D eigenvalue weighted by molar-refractivity contribution is 5.77. The summed E-state index contributed by atoms with van der Waals surface area (Å²) in [6, 6.07) is -0.0909. The first-order chi connectivity index (χ1) is 8.48. The smallest absolute Gasteiger partial charge is 0.315 e. The molecule has 0 bridgehead atoms. The van der Waals surface area contributed by atoms with Crippen molar-refractivity contribution in [3.05, 3.63) is 0 Å². The quantitative estimate of drug-likeness (QED) is 0.578. The number of rotatable bonds is 5. The lowest BCUT2D eigenvalue weighted by atomic mass is 9.88. The second-order valence-electron chi connectivity index (χ2n) is 5.07. The Morgan fingerprint density at radius 2 is 2.00 bits per heavy atom. The predicted octanol–water partition coefficient (Wildman–Crippen LogP) is 0.539. The number of piperidine rings is 1. The van der Waals surface area contributed by atoms with Crippen LogP contribution in [0.5, 0.6) is 0 Å². The Morgan fingerprint density at radius 3 is 2.50 bits per heavy atom. The van der Waals surface area contributed by atoms with E-state index >= 15 is 0 Å². The van der Waals surface area contributed by atoms with Gasteiger partial charge in [-0.3, -0.25) is 4.79 Å². The van der Waals surface area contributed by atoms with Crippen molar-refractivity contribution in [2.24, 2.45) is 5.41 Å². The van der Waals surface area contributed by atoms with E-state index in [0.717, 1.165) is 25.9 Å². The fraction of sp³-hybridized carbons (Fsp3) is 0.833. The molecule has 6 nitrogen and oxygen atoms in total. The number of hydrogen-bond donors (Lipinski definition) is 4. The number of carbonyl (C=O) groups excluding carboxylic acids is 1. The molecular weight excluding hydrogens is 234 g/mol. The maximum absolute atomic E-state index is 11.7. The number of carbonyl (C=O) groups is 2. The van der Waals surface area contributed by atoms with Gasteiger partial charge in [-0.1, -0.05) is 6.92 Å². The minimum Gasteiger partial charge on any atom is -0.481 e. The van der Waals surface area contributed by atoms with Gasteiger partial charge in [0.25, 0.3) is 0 Å². The lowest BCUT2D eigenvalue weighted by Gasteiger charge is -2.26. The molecule has 0 aliphatic carbocycles. The lowest BCUT2D eigenvalue weighted by Crippen LogP contribution is -2.49. The molecule has 1 fully saturated rings. The van der Waals surface area contributed by atoms with E-state index in [4.69, 9.17) is 5.11 Å². The summed E-state index contributed by atoms with van der Waals surface area (Å²) in [6.07, 6.45) is 2.31. The van der Waals surface area contributed by atoms with Crippen molar-refractivity contribution in [3.63, 3.8) is 0 Å². The summed E-state index contributed by atoms with van der Waals surface area (Å²) in [6.45, 7) is 5.41. The monoisotopic (exact) mass is 257 g/mol. The third kappa shape index (κ3) is 4.18. The molecule has 0 aromatic rings. The molecule has 0 spiro atoms. The molecule has 104 valence electrons. The van der Waals surface area contributed by atoms with Crippen molar-refractivity contribution in [3.8, 4) is 0 Å². The van der Waals surface area contributed by atoms with Crippen LogP contribution in [0.15, 0.2) is 0 Å². The van der Waals surface area contributed by atoms with Crippen LogP contribution in [0.2, 0.25) is 0 Å². The van der Waals surface area contributed by atoms with Gasteiger partial charge in [-0.2, -0.15) is 0 Å². The standard InChI is InChI=1S/C12H23N3O3/c1-3-12(2,10(16)17)8-14-11(18)15-9-4-6-13-7-5-9/h9,13H,3-8H2,1-2H3,(H,16,17)(H2,14,15,18). The first-order valence-electron chi connectivity index (χ1n) is 6.46. The molecule has 1 heterocycles. The fourth-order valence-electron chi connectivity index (χ4n) is 1.83. The van der Waals surface area contributed by atoms with Gasteiger partial charge in [0, 0.05) is 12.6 Å². The molecule has 1 aliphatic rings. The molecule has 1 saturated heterocycles. The Morgan fingerprint density at radius 1 is 1.39 bits per heavy atom. The van der Waals surface area contributed by atoms with E-state index in [2.05, 4.69) is 16.0 Å². The van der Waals surface area contributed by atoms with Crippen LogP contribution >= 0.6 is 0 Å². The molecule has 0 aromatic carbocycles. The zero-order valence-corrected chi connectivity index (χ0v) is 11.1. The second-order valence-corrected chi connectivity index (χ2v) is 5.07. The summed E-state index contributed by atoms with van der Waals surface area (Å²) in [5, 5.41) is 17.8. The normalized spacial score (nSPS) is 19.9. The Hall–Kier alpha value is -1.30. The summed E-state index contributed by atoms with van der Waals surface area (Å²) in [5.74, 6) is -0.882. The van der Waals surface area contributed by atoms with Gasteiger partial charge < -0.3 is 21.1 Å². The van der Waals surface area contributed by atoms with Gasteiger partial charge >= 0.3 is 12.0 Å². The SMILES string of the molecule is CCC(C)(CNC(=O)NC1CCNCC1)C(=O)O. The summed E-state index contributed by atoms with van der Waals surface area (Å²) < 4.78 is 0. The zero-order chi connectivity index (χ0) is 13.6. The Labute approximate surface area is 108 Å². The lowest BCUT2D eigenvalue weighted by molar-refractivity contribution is -0.147. The van der Waals surface area contributed by atoms with Crippen LogP contribution in [0.3, 0.4) is 0 Å². The van der Waals surface area contributed by atoms with Gasteiger partial charge in [0.05, 0.1) is 5.41 Å². The van der Waals surface area contributed by atoms with E-state index < -0.39 is 11.4 Å². The molecule has 18 heavy (non-hydrogen) atoms. The molecular formula is C12H23N3O3. The van der Waals surface area contributed by atoms with E-state index in [-0.39, 0.29) is 18.6 Å². The van der Waals surface area contributed by atoms with E-state index in [0.29, 0.717) is 6.42 Å². The zero-order valence-electron chi connectivity index (χ0n) is 11.1. The third-order valence-corrected chi connectivity index (χ3v) is 3.61. The Kier molecular flexibility index (Phi) is 5.40. The first-order valence-corrected chi connectivity index (χ1v) is 6.46. The highest BCUT2D eigenvalue weighted by Gasteiger charge is 2.31. The van der Waals surface area contributed by atoms with Crippen molar-refractivity contribution in [1.29, 1.82) is 0 Å². The maximum Gasteiger partial charge on any atom is 0.315 e. The van der Waals surface area contributed by atoms with Gasteiger partial charge in [0.2, 0.25) is 0 Å². The molecule has 4 N–H and O–H groups in total. The second kappa shape index (κ2) is 6.58. The van der Waals surface area contributed by atoms with Crippen molar-refractivity contribution in [2.75, 3.05) is 19.6 Å². The minimum atomic E-state index is -0.897. The molecule has 2 amide bonds. The van der Waals surface area contributed by atoms with E-state index in [9.17, 15) is 9.59 Å². The highest BCUT2D eigenvalue weighted by atomic mass is 16.4. The molecule has 1 aliphatic heterocycles. The van der Waals surface area contributed by atoms with Crippen molar-refractivity contribution in [2.45, 2.75) is 39.2 Å². The number of urea groups is 1. The van der Waals surface area contributed by atoms with Gasteiger partial charge in [-0.15, -0.1) is 0 Å². The van der Waals surface area contributed by atoms with Gasteiger partial charge in [-0.25, -0.2) is 4.79 Å². The molecule has 0 saturated carbocycles. The average molecular weight is 257 g/mol. The van der Waals surface area contributed by atoms with Gasteiger partial charge in [0.1, 0.15) is 0 Å². The van der Waals surface area contributed by atoms with Crippen LogP contribution in [-0.2, 0) is 4.79 Å². The van der Waals surface area contributed by atoms with Crippen LogP contribution in [-0.4, -0.2) is 42.8 Å². The Balaban J connectivity index is 2.33. The molecule has 1 atom stereocenters. The van der Waals surface area contributed by atoms with Crippen molar-refractivity contribution >= 4 is 12.0 Å². The van der Waals surface area contributed by atoms with Gasteiger partial charge in [0.15, 0.2) is 0 Å². The summed E-state index contributed by atoms with van der Waals surface area (Å²) in [5.41, 5.74) is -0.897. The van der Waals surface area contributed by atoms with Gasteiger partial charge in [-0.05, 0) is 39.3 Å². The van der Waals surface area contributed by atoms with Crippen LogP contribution < -0.4 is 16.0 Å². The molecule has 6 heteroatoms. The van der Waals surface area contributed by atoms with Crippen LogP contribution in [0.1, 0.15) is 33.1 Å². The largest absolute Gasteiger partial charge is 0.481 e. The number of carboxylic acids is 1. The topological polar surface area (TPSA) is 90.5 Å². The molecule has 1 unspecified atom stereocenters. The fourth-order valence-corrected chi connectivity index (χ4v) is 1.83. The molecule has 1 rings (SSSR count). The van der Waals surface area contributed by atoms with Crippen molar-refractivity contribution < 1.29 is 14.7 Å². The summed E-state index contributed by atoms with van der Waals surface area (Å²) >= 11 is 0. The molecule has 0 aromatic heterocycles. The van der Waals surface area contributed by atoms with Crippen LogP contribution in [0, 0.1) is 5.41 Å². The maximum atomic E-state index is 11.7. The predicted molar refractivity (Wildman–Crippen MR) is 68.5 cm³/mol. The first kappa shape index (κ1) is 14.8. The summed E-state index contributed by atoms with van der Waals surface area (Å²) in [7, 11) is 0. The Bertz CT molecular complexity index is 303. The summed E-state index contributed by atoms with van der Waals surface area (Å²) in [4.78, 5) is 22.7. The van der Waals surface area contributed by atoms with Crippen LogP contribution in [0.4, 0.5) is 4.79 Å². The highest BCUT2D eigenvalue weighted by Crippen LogP contribution is 2.19. The average Bonchev–Trinajstić information content (AvgIpc) is 2.37. The molecule has 0 radical (unpaired) electrons. The number of aliphatic carboxylic acids is 1. The van der Waals surface area contributed by atoms with E-state index in [1.54, 1.807) is 13.8 Å². The number of hydrogen-bond acceptors (Lipinski definition) is 3. The number of carboxylic acid groups (broad SMARTS) is 1. The third-order valence-electron chi connectivity index (χ3n) is 3.61. The number of amides is 2.